The molecule has 0 spiro atoms. The second-order valence-corrected chi connectivity index (χ2v) is 8.35. The number of nitrogens with zero attached hydrogens (tertiary/aromatic N) is 1. The quantitative estimate of drug-likeness (QED) is 0.678. The van der Waals surface area contributed by atoms with Gasteiger partial charge >= 0.3 is 0 Å². The maximum Gasteiger partial charge on any atom is 0.294 e. The Balaban J connectivity index is 2.14. The summed E-state index contributed by atoms with van der Waals surface area (Å²) in [5.74, 6) is -0.104. The highest BCUT2D eigenvalue weighted by Gasteiger charge is 2.46. The fraction of sp³-hybridized carbons (Fsp3) is 0.360. The molecule has 3 rings (SSSR count). The topological polar surface area (TPSA) is 76.1 Å². The highest BCUT2D eigenvalue weighted by atomic mass is 16.5. The van der Waals surface area contributed by atoms with E-state index in [1.807, 2.05) is 26.0 Å². The van der Waals surface area contributed by atoms with Gasteiger partial charge in [0, 0.05) is 17.2 Å². The van der Waals surface area contributed by atoms with Crippen molar-refractivity contribution >= 4 is 17.4 Å². The van der Waals surface area contributed by atoms with E-state index in [4.69, 9.17) is 9.47 Å². The molecular formula is C25H29NO5. The Morgan fingerprint density at radius 1 is 1.00 bits per heavy atom. The minimum atomic E-state index is -0.768. The molecule has 0 saturated heterocycles. The summed E-state index contributed by atoms with van der Waals surface area (Å²) in [4.78, 5) is 27.9. The van der Waals surface area contributed by atoms with Crippen molar-refractivity contribution in [3.8, 4) is 11.5 Å². The zero-order valence-corrected chi connectivity index (χ0v) is 18.6. The summed E-state index contributed by atoms with van der Waals surface area (Å²) in [6.45, 7) is 10.1. The zero-order valence-electron chi connectivity index (χ0n) is 18.6. The van der Waals surface area contributed by atoms with Crippen molar-refractivity contribution in [1.82, 2.24) is 0 Å². The molecule has 1 aliphatic rings. The number of carbonyl (C=O) groups is 2. The first-order chi connectivity index (χ1) is 14.7. The fourth-order valence-corrected chi connectivity index (χ4v) is 3.63. The lowest BCUT2D eigenvalue weighted by Gasteiger charge is -2.29. The largest absolute Gasteiger partial charge is 0.503 e. The first-order valence-electron chi connectivity index (χ1n) is 10.5. The van der Waals surface area contributed by atoms with Crippen LogP contribution in [0.15, 0.2) is 59.9 Å². The minimum Gasteiger partial charge on any atom is -0.503 e. The third-order valence-corrected chi connectivity index (χ3v) is 5.05. The zero-order chi connectivity index (χ0) is 22.8. The predicted molar refractivity (Wildman–Crippen MR) is 120 cm³/mol. The highest BCUT2D eigenvalue weighted by Crippen LogP contribution is 2.44. The van der Waals surface area contributed by atoms with Gasteiger partial charge in [-0.15, -0.1) is 0 Å². The number of Topliss-reactive ketones (excluding diaryl/α,β-unsaturated/α-hetero) is 1. The van der Waals surface area contributed by atoms with Gasteiger partial charge in [-0.3, -0.25) is 14.5 Å². The van der Waals surface area contributed by atoms with Gasteiger partial charge in [0.1, 0.15) is 11.5 Å². The molecule has 0 aliphatic carbocycles. The van der Waals surface area contributed by atoms with E-state index in [1.165, 1.54) is 4.90 Å². The summed E-state index contributed by atoms with van der Waals surface area (Å²) in [5, 5.41) is 10.8. The van der Waals surface area contributed by atoms with Crippen LogP contribution in [-0.4, -0.2) is 30.0 Å². The van der Waals surface area contributed by atoms with Gasteiger partial charge in [0.2, 0.25) is 0 Å². The van der Waals surface area contributed by atoms with Crippen LogP contribution in [0.2, 0.25) is 0 Å². The number of hydrogen-bond donors (Lipinski definition) is 1. The van der Waals surface area contributed by atoms with E-state index >= 15 is 0 Å². The first-order valence-corrected chi connectivity index (χ1v) is 10.5. The predicted octanol–water partition coefficient (Wildman–Crippen LogP) is 5.00. The Labute approximate surface area is 183 Å². The number of amides is 1. The number of anilines is 1. The molecule has 6 nitrogen and oxygen atoms in total. The smallest absolute Gasteiger partial charge is 0.294 e. The number of hydrogen-bond acceptors (Lipinski definition) is 5. The van der Waals surface area contributed by atoms with Crippen molar-refractivity contribution in [1.29, 1.82) is 0 Å². The highest BCUT2D eigenvalue weighted by molar-refractivity contribution is 6.17. The summed E-state index contributed by atoms with van der Waals surface area (Å²) in [6.07, 6.45) is 0. The van der Waals surface area contributed by atoms with Crippen molar-refractivity contribution in [2.75, 3.05) is 18.1 Å². The number of ether oxygens (including phenoxy) is 2. The van der Waals surface area contributed by atoms with Crippen LogP contribution in [0.5, 0.6) is 11.5 Å². The Kier molecular flexibility index (Phi) is 6.39. The van der Waals surface area contributed by atoms with E-state index < -0.39 is 23.1 Å². The molecule has 31 heavy (non-hydrogen) atoms. The van der Waals surface area contributed by atoms with Gasteiger partial charge in [0.05, 0.1) is 24.8 Å². The van der Waals surface area contributed by atoms with Crippen molar-refractivity contribution in [3.63, 3.8) is 0 Å². The molecule has 1 N–H and O–H groups in total. The fourth-order valence-electron chi connectivity index (χ4n) is 3.63. The van der Waals surface area contributed by atoms with Crippen LogP contribution >= 0.6 is 0 Å². The Bertz CT molecular complexity index is 1000. The van der Waals surface area contributed by atoms with Crippen molar-refractivity contribution in [3.05, 3.63) is 65.4 Å². The van der Waals surface area contributed by atoms with E-state index in [0.717, 1.165) is 0 Å². The van der Waals surface area contributed by atoms with Crippen LogP contribution in [0.1, 0.15) is 46.2 Å². The molecule has 0 aromatic heterocycles. The molecule has 0 fully saturated rings. The minimum absolute atomic E-state index is 0.100. The van der Waals surface area contributed by atoms with Gasteiger partial charge < -0.3 is 14.6 Å². The second-order valence-electron chi connectivity index (χ2n) is 8.35. The van der Waals surface area contributed by atoms with E-state index in [-0.39, 0.29) is 11.4 Å². The van der Waals surface area contributed by atoms with Gasteiger partial charge in [-0.05, 0) is 43.7 Å². The molecule has 1 atom stereocenters. The van der Waals surface area contributed by atoms with Gasteiger partial charge in [0.25, 0.3) is 5.91 Å². The average Bonchev–Trinajstić information content (AvgIpc) is 2.99. The lowest BCUT2D eigenvalue weighted by Crippen LogP contribution is -2.32. The van der Waals surface area contributed by atoms with Gasteiger partial charge in [-0.25, -0.2) is 0 Å². The second kappa shape index (κ2) is 8.84. The van der Waals surface area contributed by atoms with Crippen LogP contribution in [0.25, 0.3) is 0 Å². The average molecular weight is 424 g/mol. The number of aliphatic hydroxyl groups is 1. The van der Waals surface area contributed by atoms with Crippen LogP contribution in [0.3, 0.4) is 0 Å². The SMILES string of the molecule is CCOc1ccc(C2C(C(=O)C(C)(C)C)=C(O)C(=O)N2c2cccc(OCC)c2)cc1. The Morgan fingerprint density at radius 2 is 1.61 bits per heavy atom. The molecule has 1 heterocycles. The summed E-state index contributed by atoms with van der Waals surface area (Å²) in [6, 6.07) is 13.6. The van der Waals surface area contributed by atoms with E-state index in [2.05, 4.69) is 0 Å². The number of aliphatic hydroxyl groups excluding tert-OH is 1. The van der Waals surface area contributed by atoms with E-state index in [1.54, 1.807) is 57.2 Å². The normalized spacial score (nSPS) is 16.6. The third-order valence-electron chi connectivity index (χ3n) is 5.05. The van der Waals surface area contributed by atoms with Crippen molar-refractivity contribution < 1.29 is 24.2 Å². The molecule has 164 valence electrons. The molecule has 2 aromatic carbocycles. The maximum atomic E-state index is 13.3. The van der Waals surface area contributed by atoms with Crippen LogP contribution < -0.4 is 14.4 Å². The first kappa shape index (κ1) is 22.4. The molecule has 0 bridgehead atoms. The summed E-state index contributed by atoms with van der Waals surface area (Å²) in [5.41, 5.74) is 0.577. The van der Waals surface area contributed by atoms with Crippen LogP contribution in [0.4, 0.5) is 5.69 Å². The van der Waals surface area contributed by atoms with Crippen molar-refractivity contribution in [2.24, 2.45) is 5.41 Å². The molecule has 0 saturated carbocycles. The molecule has 6 heteroatoms. The van der Waals surface area contributed by atoms with Gasteiger partial charge in [0.15, 0.2) is 11.5 Å². The summed E-state index contributed by atoms with van der Waals surface area (Å²) >= 11 is 0. The number of benzene rings is 2. The van der Waals surface area contributed by atoms with Crippen LogP contribution in [0, 0.1) is 5.41 Å². The molecule has 1 amide bonds. The van der Waals surface area contributed by atoms with Gasteiger partial charge in [-0.2, -0.15) is 0 Å². The molecule has 1 aliphatic heterocycles. The Hall–Kier alpha value is -3.28. The van der Waals surface area contributed by atoms with E-state index in [9.17, 15) is 14.7 Å². The van der Waals surface area contributed by atoms with Gasteiger partial charge in [-0.1, -0.05) is 39.0 Å². The standard InChI is InChI=1S/C25H29NO5/c1-6-30-18-13-11-16(12-14-18)21-20(23(28)25(3,4)5)22(27)24(29)26(21)17-9-8-10-19(15-17)31-7-2/h8-15,21,27H,6-7H2,1-5H3. The van der Waals surface area contributed by atoms with E-state index in [0.29, 0.717) is 36.0 Å². The Morgan fingerprint density at radius 3 is 2.19 bits per heavy atom. The summed E-state index contributed by atoms with van der Waals surface area (Å²) < 4.78 is 11.1. The summed E-state index contributed by atoms with van der Waals surface area (Å²) in [7, 11) is 0. The monoisotopic (exact) mass is 423 g/mol. The molecule has 2 aromatic rings. The lowest BCUT2D eigenvalue weighted by molar-refractivity contribution is -0.123. The number of ketones is 1. The lowest BCUT2D eigenvalue weighted by atomic mass is 9.82. The number of carbonyl (C=O) groups excluding carboxylic acids is 2. The van der Waals surface area contributed by atoms with Crippen molar-refractivity contribution in [2.45, 2.75) is 40.7 Å². The molecule has 0 radical (unpaired) electrons. The number of rotatable bonds is 7. The molecular weight excluding hydrogens is 394 g/mol. The van der Waals surface area contributed by atoms with Crippen LogP contribution in [-0.2, 0) is 9.59 Å². The maximum absolute atomic E-state index is 13.3. The third kappa shape index (κ3) is 4.43. The molecule has 1 unspecified atom stereocenters.